The summed E-state index contributed by atoms with van der Waals surface area (Å²) >= 11 is 0. The predicted molar refractivity (Wildman–Crippen MR) is 114 cm³/mol. The number of pyridine rings is 1. The van der Waals surface area contributed by atoms with E-state index in [2.05, 4.69) is 61.2 Å². The minimum absolute atomic E-state index is 0.328. The number of rotatable bonds is 5. The maximum Gasteiger partial charge on any atom is 0.241 e. The second-order valence-corrected chi connectivity index (χ2v) is 8.13. The van der Waals surface area contributed by atoms with Gasteiger partial charge in [0.05, 0.1) is 17.2 Å². The van der Waals surface area contributed by atoms with Crippen LogP contribution in [0.3, 0.4) is 0 Å². The third kappa shape index (κ3) is 3.04. The fraction of sp³-hybridized carbons (Fsp3) is 0.429. The highest BCUT2D eigenvalue weighted by atomic mass is 15.3. The SMILES string of the molecule is CN[C@H]1C[C@H](Nc2ncc3c(-c4cnc5nc(C)n(C(C)C)c5c4)ccn3n2)C1. The quantitative estimate of drug-likeness (QED) is 0.544. The van der Waals surface area contributed by atoms with Gasteiger partial charge >= 0.3 is 0 Å². The van der Waals surface area contributed by atoms with Crippen LogP contribution in [0.15, 0.2) is 30.7 Å². The van der Waals surface area contributed by atoms with E-state index in [9.17, 15) is 0 Å². The maximum atomic E-state index is 4.64. The molecule has 1 aliphatic carbocycles. The molecular weight excluding hydrogens is 364 g/mol. The van der Waals surface area contributed by atoms with Gasteiger partial charge in [0, 0.05) is 41.6 Å². The van der Waals surface area contributed by atoms with Crippen LogP contribution in [0.4, 0.5) is 5.95 Å². The number of aromatic nitrogens is 6. The van der Waals surface area contributed by atoms with Gasteiger partial charge in [-0.3, -0.25) is 0 Å². The van der Waals surface area contributed by atoms with Crippen molar-refractivity contribution in [2.45, 2.75) is 51.7 Å². The molecule has 29 heavy (non-hydrogen) atoms. The van der Waals surface area contributed by atoms with Gasteiger partial charge in [-0.05, 0) is 52.8 Å². The summed E-state index contributed by atoms with van der Waals surface area (Å²) in [4.78, 5) is 13.7. The van der Waals surface area contributed by atoms with Crippen LogP contribution >= 0.6 is 0 Å². The first-order valence-electron chi connectivity index (χ1n) is 10.2. The van der Waals surface area contributed by atoms with Crippen LogP contribution in [0.2, 0.25) is 0 Å². The summed E-state index contributed by atoms with van der Waals surface area (Å²) < 4.78 is 4.10. The molecule has 0 saturated heterocycles. The Hall–Kier alpha value is -3.00. The Labute approximate surface area is 169 Å². The van der Waals surface area contributed by atoms with Crippen molar-refractivity contribution in [3.63, 3.8) is 0 Å². The van der Waals surface area contributed by atoms with Gasteiger partial charge in [-0.15, -0.1) is 5.10 Å². The molecule has 150 valence electrons. The number of anilines is 1. The standard InChI is InChI=1S/C21H26N8/c1-12(2)29-13(3)25-20-18(29)7-14(10-23-20)17-5-6-28-19(17)11-24-21(27-28)26-16-8-15(9-16)22-4/h5-7,10-12,15-16,22H,8-9H2,1-4H3,(H,26,27)/t15-,16-. The van der Waals surface area contributed by atoms with Gasteiger partial charge in [0.2, 0.25) is 5.95 Å². The van der Waals surface area contributed by atoms with Crippen LogP contribution < -0.4 is 10.6 Å². The molecular formula is C21H26N8. The number of hydrogen-bond acceptors (Lipinski definition) is 6. The van der Waals surface area contributed by atoms with Gasteiger partial charge < -0.3 is 15.2 Å². The molecule has 0 aliphatic heterocycles. The van der Waals surface area contributed by atoms with Crippen molar-refractivity contribution in [3.05, 3.63) is 36.5 Å². The highest BCUT2D eigenvalue weighted by molar-refractivity contribution is 5.85. The van der Waals surface area contributed by atoms with Crippen LogP contribution in [-0.2, 0) is 0 Å². The molecule has 0 aromatic carbocycles. The summed E-state index contributed by atoms with van der Waals surface area (Å²) in [5.41, 5.74) is 4.91. The number of fused-ring (bicyclic) bond motifs is 2. The van der Waals surface area contributed by atoms with Crippen molar-refractivity contribution in [2.75, 3.05) is 12.4 Å². The smallest absolute Gasteiger partial charge is 0.241 e. The average molecular weight is 390 g/mol. The Balaban J connectivity index is 1.48. The van der Waals surface area contributed by atoms with Crippen LogP contribution in [0.1, 0.15) is 38.6 Å². The first-order valence-corrected chi connectivity index (χ1v) is 10.2. The summed E-state index contributed by atoms with van der Waals surface area (Å²) in [6.07, 6.45) is 7.94. The average Bonchev–Trinajstić information content (AvgIpc) is 3.23. The van der Waals surface area contributed by atoms with Crippen LogP contribution in [-0.4, -0.2) is 48.3 Å². The topological polar surface area (TPSA) is 85.0 Å². The summed E-state index contributed by atoms with van der Waals surface area (Å²) in [5.74, 6) is 1.65. The van der Waals surface area contributed by atoms with Crippen LogP contribution in [0, 0.1) is 6.92 Å². The minimum Gasteiger partial charge on any atom is -0.350 e. The van der Waals surface area contributed by atoms with Gasteiger partial charge in [-0.2, -0.15) is 0 Å². The number of nitrogens with zero attached hydrogens (tertiary/aromatic N) is 6. The van der Waals surface area contributed by atoms with Crippen molar-refractivity contribution in [1.29, 1.82) is 0 Å². The molecule has 8 heteroatoms. The van der Waals surface area contributed by atoms with Crippen molar-refractivity contribution in [3.8, 4) is 11.1 Å². The molecule has 0 spiro atoms. The van der Waals surface area contributed by atoms with E-state index in [0.717, 1.165) is 46.5 Å². The molecule has 0 radical (unpaired) electrons. The van der Waals surface area contributed by atoms with E-state index in [4.69, 9.17) is 0 Å². The summed E-state index contributed by atoms with van der Waals surface area (Å²) in [5, 5.41) is 11.4. The van der Waals surface area contributed by atoms with E-state index in [0.29, 0.717) is 24.1 Å². The van der Waals surface area contributed by atoms with E-state index >= 15 is 0 Å². The van der Waals surface area contributed by atoms with E-state index < -0.39 is 0 Å². The summed E-state index contributed by atoms with van der Waals surface area (Å²) in [6.45, 7) is 6.36. The maximum absolute atomic E-state index is 4.64. The molecule has 0 bridgehead atoms. The second kappa shape index (κ2) is 6.81. The lowest BCUT2D eigenvalue weighted by atomic mass is 9.87. The second-order valence-electron chi connectivity index (χ2n) is 8.13. The van der Waals surface area contributed by atoms with Crippen molar-refractivity contribution in [1.82, 2.24) is 34.4 Å². The molecule has 1 aliphatic rings. The van der Waals surface area contributed by atoms with Gasteiger partial charge in [-0.25, -0.2) is 19.5 Å². The van der Waals surface area contributed by atoms with Crippen molar-refractivity contribution >= 4 is 22.6 Å². The minimum atomic E-state index is 0.328. The Morgan fingerprint density at radius 1 is 1.10 bits per heavy atom. The van der Waals surface area contributed by atoms with Crippen molar-refractivity contribution in [2.24, 2.45) is 0 Å². The third-order valence-corrected chi connectivity index (χ3v) is 5.85. The fourth-order valence-electron chi connectivity index (χ4n) is 4.25. The predicted octanol–water partition coefficient (Wildman–Crippen LogP) is 3.19. The lowest BCUT2D eigenvalue weighted by Crippen LogP contribution is -2.46. The number of aryl methyl sites for hydroxylation is 1. The largest absolute Gasteiger partial charge is 0.350 e. The Bertz CT molecular complexity index is 1180. The summed E-state index contributed by atoms with van der Waals surface area (Å²) in [6, 6.07) is 5.59. The van der Waals surface area contributed by atoms with Crippen LogP contribution in [0.25, 0.3) is 27.8 Å². The third-order valence-electron chi connectivity index (χ3n) is 5.85. The molecule has 0 atom stereocenters. The van der Waals surface area contributed by atoms with Gasteiger partial charge in [-0.1, -0.05) is 0 Å². The van der Waals surface area contributed by atoms with E-state index in [-0.39, 0.29) is 0 Å². The molecule has 4 aromatic heterocycles. The van der Waals surface area contributed by atoms with Crippen LogP contribution in [0.5, 0.6) is 0 Å². The molecule has 1 fully saturated rings. The first kappa shape index (κ1) is 18.1. The number of hydrogen-bond donors (Lipinski definition) is 2. The molecule has 4 heterocycles. The first-order chi connectivity index (χ1) is 14.0. The van der Waals surface area contributed by atoms with Gasteiger partial charge in [0.15, 0.2) is 5.65 Å². The van der Waals surface area contributed by atoms with E-state index in [1.54, 1.807) is 0 Å². The molecule has 5 rings (SSSR count). The monoisotopic (exact) mass is 390 g/mol. The zero-order valence-electron chi connectivity index (χ0n) is 17.2. The molecule has 0 unspecified atom stereocenters. The molecule has 4 aromatic rings. The highest BCUT2D eigenvalue weighted by Crippen LogP contribution is 2.29. The molecule has 1 saturated carbocycles. The zero-order valence-corrected chi connectivity index (χ0v) is 17.2. The Morgan fingerprint density at radius 3 is 2.69 bits per heavy atom. The van der Waals surface area contributed by atoms with Crippen molar-refractivity contribution < 1.29 is 0 Å². The molecule has 8 nitrogen and oxygen atoms in total. The fourth-order valence-corrected chi connectivity index (χ4v) is 4.25. The normalized spacial score (nSPS) is 19.2. The lowest BCUT2D eigenvalue weighted by molar-refractivity contribution is 0.325. The lowest BCUT2D eigenvalue weighted by Gasteiger charge is -2.35. The highest BCUT2D eigenvalue weighted by Gasteiger charge is 2.28. The number of nitrogens with one attached hydrogen (secondary N) is 2. The van der Waals surface area contributed by atoms with E-state index in [1.807, 2.05) is 37.1 Å². The Morgan fingerprint density at radius 2 is 1.93 bits per heavy atom. The van der Waals surface area contributed by atoms with Gasteiger partial charge in [0.1, 0.15) is 5.82 Å². The number of imidazole rings is 1. The molecule has 2 N–H and O–H groups in total. The molecule has 0 amide bonds. The Kier molecular flexibility index (Phi) is 4.24. The summed E-state index contributed by atoms with van der Waals surface area (Å²) in [7, 11) is 2.01. The van der Waals surface area contributed by atoms with E-state index in [1.165, 1.54) is 0 Å². The van der Waals surface area contributed by atoms with Gasteiger partial charge in [0.25, 0.3) is 0 Å². The zero-order chi connectivity index (χ0) is 20.1.